The lowest BCUT2D eigenvalue weighted by atomic mass is 10.1. The Labute approximate surface area is 122 Å². The first-order valence-corrected chi connectivity index (χ1v) is 6.89. The molecule has 1 aromatic carbocycles. The standard InChI is InChI=1S/C15H14FN3S/c16-10-4-2-5-11(8-10)18-15-12(14(17)20)7-9-3-1-6-13(9)19-15/h2,4-5,7-8H,1,3,6H2,(H2,17,20)(H,18,19). The van der Waals surface area contributed by atoms with E-state index in [0.29, 0.717) is 22.1 Å². The van der Waals surface area contributed by atoms with Crippen LogP contribution in [0.1, 0.15) is 23.2 Å². The Bertz CT molecular complexity index is 685. The van der Waals surface area contributed by atoms with E-state index in [9.17, 15) is 4.39 Å². The maximum atomic E-state index is 13.2. The molecule has 0 fully saturated rings. The summed E-state index contributed by atoms with van der Waals surface area (Å²) in [6, 6.07) is 8.24. The zero-order valence-electron chi connectivity index (χ0n) is 10.8. The van der Waals surface area contributed by atoms with Crippen molar-refractivity contribution in [3.05, 3.63) is 53.0 Å². The molecule has 1 heterocycles. The van der Waals surface area contributed by atoms with Gasteiger partial charge in [0.05, 0.1) is 5.56 Å². The maximum absolute atomic E-state index is 13.2. The lowest BCUT2D eigenvalue weighted by Gasteiger charge is -2.12. The Morgan fingerprint density at radius 3 is 2.90 bits per heavy atom. The van der Waals surface area contributed by atoms with Gasteiger partial charge >= 0.3 is 0 Å². The molecule has 1 aliphatic carbocycles. The van der Waals surface area contributed by atoms with Crippen LogP contribution < -0.4 is 11.1 Å². The molecule has 102 valence electrons. The first-order valence-electron chi connectivity index (χ1n) is 6.48. The van der Waals surface area contributed by atoms with E-state index in [1.807, 2.05) is 6.07 Å². The summed E-state index contributed by atoms with van der Waals surface area (Å²) < 4.78 is 13.2. The van der Waals surface area contributed by atoms with Crippen molar-refractivity contribution in [3.63, 3.8) is 0 Å². The molecule has 0 saturated carbocycles. The van der Waals surface area contributed by atoms with E-state index in [4.69, 9.17) is 18.0 Å². The SMILES string of the molecule is NC(=S)c1cc2c(nc1Nc1cccc(F)c1)CCC2. The van der Waals surface area contributed by atoms with Crippen LogP contribution in [0, 0.1) is 5.82 Å². The highest BCUT2D eigenvalue weighted by molar-refractivity contribution is 7.80. The fourth-order valence-corrected chi connectivity index (χ4v) is 2.61. The van der Waals surface area contributed by atoms with Crippen molar-refractivity contribution in [3.8, 4) is 0 Å². The molecule has 3 nitrogen and oxygen atoms in total. The monoisotopic (exact) mass is 287 g/mol. The second kappa shape index (κ2) is 5.17. The van der Waals surface area contributed by atoms with Gasteiger partial charge in [-0.05, 0) is 49.1 Å². The summed E-state index contributed by atoms with van der Waals surface area (Å²) in [6.45, 7) is 0. The average molecular weight is 287 g/mol. The van der Waals surface area contributed by atoms with E-state index in [2.05, 4.69) is 10.3 Å². The molecular formula is C15H14FN3S. The summed E-state index contributed by atoms with van der Waals surface area (Å²) in [5.41, 5.74) is 9.39. The van der Waals surface area contributed by atoms with Crippen LogP contribution >= 0.6 is 12.2 Å². The summed E-state index contributed by atoms with van der Waals surface area (Å²) >= 11 is 5.09. The number of nitrogens with two attached hydrogens (primary N) is 1. The first-order chi connectivity index (χ1) is 9.63. The van der Waals surface area contributed by atoms with Crippen LogP contribution in [0.5, 0.6) is 0 Å². The topological polar surface area (TPSA) is 50.9 Å². The van der Waals surface area contributed by atoms with Crippen molar-refractivity contribution in [1.82, 2.24) is 4.98 Å². The summed E-state index contributed by atoms with van der Waals surface area (Å²) in [5.74, 6) is 0.303. The summed E-state index contributed by atoms with van der Waals surface area (Å²) in [4.78, 5) is 4.90. The van der Waals surface area contributed by atoms with Gasteiger partial charge in [-0.2, -0.15) is 0 Å². The van der Waals surface area contributed by atoms with Crippen molar-refractivity contribution in [1.29, 1.82) is 0 Å². The molecule has 5 heteroatoms. The molecule has 3 N–H and O–H groups in total. The molecule has 2 aromatic rings. The number of aromatic nitrogens is 1. The van der Waals surface area contributed by atoms with Gasteiger partial charge in [-0.15, -0.1) is 0 Å². The lowest BCUT2D eigenvalue weighted by molar-refractivity contribution is 0.628. The Morgan fingerprint density at radius 1 is 1.30 bits per heavy atom. The Morgan fingerprint density at radius 2 is 2.15 bits per heavy atom. The molecule has 3 rings (SSSR count). The number of thiocarbonyl (C=S) groups is 1. The second-order valence-electron chi connectivity index (χ2n) is 4.84. The van der Waals surface area contributed by atoms with E-state index in [-0.39, 0.29) is 5.82 Å². The Kier molecular flexibility index (Phi) is 3.36. The van der Waals surface area contributed by atoms with E-state index >= 15 is 0 Å². The van der Waals surface area contributed by atoms with Crippen LogP contribution in [0.15, 0.2) is 30.3 Å². The third-order valence-electron chi connectivity index (χ3n) is 3.40. The minimum atomic E-state index is -0.298. The van der Waals surface area contributed by atoms with Crippen LogP contribution in [-0.2, 0) is 12.8 Å². The summed E-state index contributed by atoms with van der Waals surface area (Å²) in [6.07, 6.45) is 3.07. The number of halogens is 1. The highest BCUT2D eigenvalue weighted by atomic mass is 32.1. The Hall–Kier alpha value is -2.01. The molecule has 1 aliphatic rings. The zero-order chi connectivity index (χ0) is 14.1. The number of hydrogen-bond donors (Lipinski definition) is 2. The summed E-state index contributed by atoms with van der Waals surface area (Å²) in [7, 11) is 0. The van der Waals surface area contributed by atoms with Gasteiger partial charge < -0.3 is 11.1 Å². The molecule has 20 heavy (non-hydrogen) atoms. The number of benzene rings is 1. The third kappa shape index (κ3) is 2.49. The minimum absolute atomic E-state index is 0.297. The van der Waals surface area contributed by atoms with Gasteiger partial charge in [0.1, 0.15) is 16.6 Å². The van der Waals surface area contributed by atoms with Gasteiger partial charge in [-0.1, -0.05) is 18.3 Å². The molecule has 0 unspecified atom stereocenters. The van der Waals surface area contributed by atoms with Crippen LogP contribution in [-0.4, -0.2) is 9.97 Å². The number of hydrogen-bond acceptors (Lipinski definition) is 3. The van der Waals surface area contributed by atoms with Crippen molar-refractivity contribution in [2.24, 2.45) is 5.73 Å². The molecule has 1 aromatic heterocycles. The molecule has 0 aliphatic heterocycles. The van der Waals surface area contributed by atoms with Gasteiger partial charge in [0.2, 0.25) is 0 Å². The number of nitrogens with zero attached hydrogens (tertiary/aromatic N) is 1. The van der Waals surface area contributed by atoms with Crippen LogP contribution in [0.4, 0.5) is 15.9 Å². The number of pyridine rings is 1. The van der Waals surface area contributed by atoms with E-state index < -0.39 is 0 Å². The fourth-order valence-electron chi connectivity index (χ4n) is 2.46. The second-order valence-corrected chi connectivity index (χ2v) is 5.28. The number of anilines is 2. The van der Waals surface area contributed by atoms with Gasteiger partial charge in [0.15, 0.2) is 0 Å². The zero-order valence-corrected chi connectivity index (χ0v) is 11.6. The van der Waals surface area contributed by atoms with Crippen LogP contribution in [0.3, 0.4) is 0 Å². The highest BCUT2D eigenvalue weighted by Crippen LogP contribution is 2.27. The predicted octanol–water partition coefficient (Wildman–Crippen LogP) is 3.09. The predicted molar refractivity (Wildman–Crippen MR) is 81.8 cm³/mol. The van der Waals surface area contributed by atoms with Gasteiger partial charge in [0.25, 0.3) is 0 Å². The largest absolute Gasteiger partial charge is 0.389 e. The van der Waals surface area contributed by atoms with Gasteiger partial charge in [0, 0.05) is 11.4 Å². The van der Waals surface area contributed by atoms with Crippen molar-refractivity contribution < 1.29 is 4.39 Å². The number of fused-ring (bicyclic) bond motifs is 1. The van der Waals surface area contributed by atoms with Gasteiger partial charge in [-0.25, -0.2) is 9.37 Å². The molecule has 0 radical (unpaired) electrons. The molecule has 0 amide bonds. The molecule has 0 saturated heterocycles. The normalized spacial score (nSPS) is 13.1. The van der Waals surface area contributed by atoms with E-state index in [0.717, 1.165) is 25.0 Å². The highest BCUT2D eigenvalue weighted by Gasteiger charge is 2.17. The van der Waals surface area contributed by atoms with Crippen molar-refractivity contribution >= 4 is 28.7 Å². The van der Waals surface area contributed by atoms with Crippen LogP contribution in [0.2, 0.25) is 0 Å². The lowest BCUT2D eigenvalue weighted by Crippen LogP contribution is -2.14. The van der Waals surface area contributed by atoms with E-state index in [1.165, 1.54) is 17.7 Å². The van der Waals surface area contributed by atoms with Crippen LogP contribution in [0.25, 0.3) is 0 Å². The molecule has 0 spiro atoms. The summed E-state index contributed by atoms with van der Waals surface area (Å²) in [5, 5.41) is 3.11. The quantitative estimate of drug-likeness (QED) is 0.852. The minimum Gasteiger partial charge on any atom is -0.389 e. The number of rotatable bonds is 3. The number of aryl methyl sites for hydroxylation is 2. The number of nitrogens with one attached hydrogen (secondary N) is 1. The first kappa shape index (κ1) is 13.0. The Balaban J connectivity index is 2.01. The molecule has 0 atom stereocenters. The third-order valence-corrected chi connectivity index (χ3v) is 3.62. The smallest absolute Gasteiger partial charge is 0.140 e. The van der Waals surface area contributed by atoms with Gasteiger partial charge in [-0.3, -0.25) is 0 Å². The fraction of sp³-hybridized carbons (Fsp3) is 0.200. The molecule has 0 bridgehead atoms. The maximum Gasteiger partial charge on any atom is 0.140 e. The van der Waals surface area contributed by atoms with Crippen molar-refractivity contribution in [2.75, 3.05) is 5.32 Å². The van der Waals surface area contributed by atoms with Crippen molar-refractivity contribution in [2.45, 2.75) is 19.3 Å². The van der Waals surface area contributed by atoms with E-state index in [1.54, 1.807) is 12.1 Å². The molecular weight excluding hydrogens is 273 g/mol. The average Bonchev–Trinajstić information content (AvgIpc) is 2.84.